The van der Waals surface area contributed by atoms with Gasteiger partial charge < -0.3 is 19.3 Å². The van der Waals surface area contributed by atoms with E-state index in [2.05, 4.69) is 11.4 Å². The molecule has 7 heteroatoms. The Morgan fingerprint density at radius 2 is 2.03 bits per heavy atom. The summed E-state index contributed by atoms with van der Waals surface area (Å²) in [6.07, 6.45) is 2.13. The minimum absolute atomic E-state index is 0.0216. The Hall–Kier alpha value is -2.54. The van der Waals surface area contributed by atoms with Crippen LogP contribution in [-0.2, 0) is 16.0 Å². The third-order valence-electron chi connectivity index (χ3n) is 5.62. The largest absolute Gasteiger partial charge is 0.497 e. The van der Waals surface area contributed by atoms with Crippen LogP contribution in [0.4, 0.5) is 0 Å². The molecule has 2 aromatic rings. The Bertz CT molecular complexity index is 911. The van der Waals surface area contributed by atoms with E-state index in [1.165, 1.54) is 4.88 Å². The Kier molecular flexibility index (Phi) is 8.56. The smallest absolute Gasteiger partial charge is 0.242 e. The average Bonchev–Trinajstić information content (AvgIpc) is 3.25. The number of thiophene rings is 1. The van der Waals surface area contributed by atoms with Crippen LogP contribution in [-0.4, -0.2) is 55.0 Å². The van der Waals surface area contributed by atoms with Gasteiger partial charge in [-0.05, 0) is 47.9 Å². The van der Waals surface area contributed by atoms with Crippen LogP contribution in [0.25, 0.3) is 0 Å². The molecule has 0 aliphatic carbocycles. The molecule has 6 nitrogen and oxygen atoms in total. The minimum Gasteiger partial charge on any atom is -0.497 e. The van der Waals surface area contributed by atoms with E-state index in [-0.39, 0.29) is 30.3 Å². The Labute approximate surface area is 195 Å². The molecule has 2 amide bonds. The van der Waals surface area contributed by atoms with Crippen LogP contribution >= 0.6 is 11.3 Å². The fourth-order valence-corrected chi connectivity index (χ4v) is 4.96. The summed E-state index contributed by atoms with van der Waals surface area (Å²) < 4.78 is 11.4. The summed E-state index contributed by atoms with van der Waals surface area (Å²) in [5.74, 6) is 1.73. The van der Waals surface area contributed by atoms with E-state index < -0.39 is 0 Å². The predicted octanol–water partition coefficient (Wildman–Crippen LogP) is 4.55. The van der Waals surface area contributed by atoms with Gasteiger partial charge in [0.15, 0.2) is 0 Å². The Morgan fingerprint density at radius 1 is 1.25 bits per heavy atom. The van der Waals surface area contributed by atoms with Gasteiger partial charge in [-0.3, -0.25) is 9.59 Å². The van der Waals surface area contributed by atoms with Gasteiger partial charge in [0.05, 0.1) is 19.7 Å². The number of hydrogen-bond acceptors (Lipinski definition) is 5. The number of rotatable bonds is 10. The van der Waals surface area contributed by atoms with E-state index in [1.807, 2.05) is 49.9 Å². The molecule has 3 rings (SSSR count). The normalized spacial score (nSPS) is 15.4. The van der Waals surface area contributed by atoms with Gasteiger partial charge in [0.25, 0.3) is 0 Å². The highest BCUT2D eigenvalue weighted by molar-refractivity contribution is 7.10. The third kappa shape index (κ3) is 6.03. The standard InChI is InChI=1S/C25H34N2O4S/c1-5-11-26(24(28)14-18(2)3)16-25(29)27-12-9-23-21(10-13-32-23)22(27)17-31-20-8-6-7-19(15-20)30-4/h6-8,10,13,15,18,22H,5,9,11-12,14,16-17H2,1-4H3. The number of nitrogens with zero attached hydrogens (tertiary/aromatic N) is 2. The fourth-order valence-electron chi connectivity index (χ4n) is 4.04. The molecular formula is C25H34N2O4S. The number of amides is 2. The number of benzene rings is 1. The van der Waals surface area contributed by atoms with Gasteiger partial charge in [-0.15, -0.1) is 11.3 Å². The van der Waals surface area contributed by atoms with Crippen molar-refractivity contribution in [2.45, 2.75) is 46.1 Å². The van der Waals surface area contributed by atoms with E-state index >= 15 is 0 Å². The lowest BCUT2D eigenvalue weighted by Crippen LogP contribution is -2.48. The van der Waals surface area contributed by atoms with Crippen molar-refractivity contribution in [1.82, 2.24) is 9.80 Å². The first kappa shape index (κ1) is 24.1. The third-order valence-corrected chi connectivity index (χ3v) is 6.62. The fraction of sp³-hybridized carbons (Fsp3) is 0.520. The molecule has 0 saturated heterocycles. The van der Waals surface area contributed by atoms with Crippen LogP contribution in [0.1, 0.15) is 50.1 Å². The van der Waals surface area contributed by atoms with Gasteiger partial charge in [-0.2, -0.15) is 0 Å². The molecule has 0 fully saturated rings. The Morgan fingerprint density at radius 3 is 2.75 bits per heavy atom. The van der Waals surface area contributed by atoms with Gasteiger partial charge >= 0.3 is 0 Å². The van der Waals surface area contributed by atoms with Crippen LogP contribution in [0.5, 0.6) is 11.5 Å². The van der Waals surface area contributed by atoms with Crippen LogP contribution in [0, 0.1) is 5.92 Å². The molecule has 1 unspecified atom stereocenters. The first-order valence-corrected chi connectivity index (χ1v) is 12.2. The Balaban J connectivity index is 1.75. The molecule has 1 aromatic carbocycles. The monoisotopic (exact) mass is 458 g/mol. The molecule has 0 saturated carbocycles. The molecule has 0 bridgehead atoms. The van der Waals surface area contributed by atoms with Crippen molar-refractivity contribution in [1.29, 1.82) is 0 Å². The van der Waals surface area contributed by atoms with Crippen molar-refractivity contribution in [3.8, 4) is 11.5 Å². The van der Waals surface area contributed by atoms with E-state index in [0.29, 0.717) is 31.9 Å². The lowest BCUT2D eigenvalue weighted by atomic mass is 10.00. The molecule has 1 atom stereocenters. The van der Waals surface area contributed by atoms with E-state index in [4.69, 9.17) is 9.47 Å². The first-order chi connectivity index (χ1) is 15.4. The van der Waals surface area contributed by atoms with Crippen molar-refractivity contribution >= 4 is 23.2 Å². The molecule has 0 radical (unpaired) electrons. The topological polar surface area (TPSA) is 59.1 Å². The first-order valence-electron chi connectivity index (χ1n) is 11.3. The van der Waals surface area contributed by atoms with Gasteiger partial charge in [0, 0.05) is 30.5 Å². The predicted molar refractivity (Wildman–Crippen MR) is 127 cm³/mol. The number of methoxy groups -OCH3 is 1. The highest BCUT2D eigenvalue weighted by Gasteiger charge is 2.33. The molecule has 32 heavy (non-hydrogen) atoms. The summed E-state index contributed by atoms with van der Waals surface area (Å²) in [4.78, 5) is 31.0. The van der Waals surface area contributed by atoms with Gasteiger partial charge in [0.1, 0.15) is 18.1 Å². The van der Waals surface area contributed by atoms with Crippen LogP contribution < -0.4 is 9.47 Å². The van der Waals surface area contributed by atoms with Crippen LogP contribution in [0.15, 0.2) is 35.7 Å². The summed E-state index contributed by atoms with van der Waals surface area (Å²) in [6.45, 7) is 7.79. The lowest BCUT2D eigenvalue weighted by molar-refractivity contribution is -0.143. The summed E-state index contributed by atoms with van der Waals surface area (Å²) in [5, 5.41) is 2.08. The quantitative estimate of drug-likeness (QED) is 0.524. The number of hydrogen-bond donors (Lipinski definition) is 0. The molecule has 0 spiro atoms. The second kappa shape index (κ2) is 11.4. The number of carbonyl (C=O) groups excluding carboxylic acids is 2. The van der Waals surface area contributed by atoms with E-state index in [0.717, 1.165) is 24.2 Å². The summed E-state index contributed by atoms with van der Waals surface area (Å²) in [5.41, 5.74) is 1.15. The molecule has 1 aromatic heterocycles. The second-order valence-electron chi connectivity index (χ2n) is 8.56. The zero-order chi connectivity index (χ0) is 23.1. The van der Waals surface area contributed by atoms with Crippen LogP contribution in [0.2, 0.25) is 0 Å². The summed E-state index contributed by atoms with van der Waals surface area (Å²) in [7, 11) is 1.63. The summed E-state index contributed by atoms with van der Waals surface area (Å²) >= 11 is 1.73. The summed E-state index contributed by atoms with van der Waals surface area (Å²) in [6, 6.07) is 9.41. The van der Waals surface area contributed by atoms with Crippen molar-refractivity contribution < 1.29 is 19.1 Å². The van der Waals surface area contributed by atoms with Gasteiger partial charge in [-0.1, -0.05) is 26.8 Å². The molecule has 2 heterocycles. The maximum absolute atomic E-state index is 13.4. The zero-order valence-electron chi connectivity index (χ0n) is 19.5. The molecule has 1 aliphatic heterocycles. The van der Waals surface area contributed by atoms with E-state index in [1.54, 1.807) is 23.3 Å². The lowest BCUT2D eigenvalue weighted by Gasteiger charge is -2.37. The highest BCUT2D eigenvalue weighted by atomic mass is 32.1. The van der Waals surface area contributed by atoms with Gasteiger partial charge in [-0.25, -0.2) is 0 Å². The number of fused-ring (bicyclic) bond motifs is 1. The van der Waals surface area contributed by atoms with Crippen molar-refractivity contribution in [2.24, 2.45) is 5.92 Å². The second-order valence-corrected chi connectivity index (χ2v) is 9.56. The molecule has 174 valence electrons. The van der Waals surface area contributed by atoms with Crippen molar-refractivity contribution in [3.63, 3.8) is 0 Å². The molecule has 1 aliphatic rings. The maximum Gasteiger partial charge on any atom is 0.242 e. The minimum atomic E-state index is -0.174. The average molecular weight is 459 g/mol. The SMILES string of the molecule is CCCN(CC(=O)N1CCc2sccc2C1COc1cccc(OC)c1)C(=O)CC(C)C. The number of carbonyl (C=O) groups is 2. The molecule has 0 N–H and O–H groups in total. The molecular weight excluding hydrogens is 424 g/mol. The van der Waals surface area contributed by atoms with Crippen LogP contribution in [0.3, 0.4) is 0 Å². The van der Waals surface area contributed by atoms with Crippen molar-refractivity contribution in [2.75, 3.05) is 33.4 Å². The number of ether oxygens (including phenoxy) is 2. The van der Waals surface area contributed by atoms with E-state index in [9.17, 15) is 9.59 Å². The zero-order valence-corrected chi connectivity index (χ0v) is 20.3. The van der Waals surface area contributed by atoms with Crippen molar-refractivity contribution in [3.05, 3.63) is 46.2 Å². The maximum atomic E-state index is 13.4. The van der Waals surface area contributed by atoms with Gasteiger partial charge in [0.2, 0.25) is 11.8 Å². The highest BCUT2D eigenvalue weighted by Crippen LogP contribution is 2.34.